The van der Waals surface area contributed by atoms with Crippen molar-refractivity contribution in [2.45, 2.75) is 17.5 Å². The van der Waals surface area contributed by atoms with Crippen LogP contribution < -0.4 is 10.6 Å². The molecule has 0 aliphatic heterocycles. The summed E-state index contributed by atoms with van der Waals surface area (Å²) < 4.78 is 63.1. The molecule has 0 unspecified atom stereocenters. The number of hydrogen-bond acceptors (Lipinski definition) is 4. The number of carbonyl (C=O) groups is 2. The molecule has 0 saturated heterocycles. The fraction of sp³-hybridized carbons (Fsp3) is 0.130. The predicted molar refractivity (Wildman–Crippen MR) is 118 cm³/mol. The van der Waals surface area contributed by atoms with Gasteiger partial charge in [-0.3, -0.25) is 9.59 Å². The number of nitrogens with one attached hydrogen (secondary N) is 2. The second-order valence-electron chi connectivity index (χ2n) is 7.04. The molecule has 0 aromatic heterocycles. The summed E-state index contributed by atoms with van der Waals surface area (Å²) in [5.41, 5.74) is -0.585. The van der Waals surface area contributed by atoms with E-state index in [1.54, 1.807) is 18.2 Å². The van der Waals surface area contributed by atoms with Crippen molar-refractivity contribution in [3.63, 3.8) is 0 Å². The first-order valence-corrected chi connectivity index (χ1v) is 11.4. The average molecular weight is 476 g/mol. The van der Waals surface area contributed by atoms with E-state index < -0.39 is 39.1 Å². The van der Waals surface area contributed by atoms with Crippen molar-refractivity contribution < 1.29 is 31.2 Å². The molecule has 3 aromatic carbocycles. The van der Waals surface area contributed by atoms with Gasteiger partial charge in [-0.2, -0.15) is 13.2 Å². The largest absolute Gasteiger partial charge is 0.416 e. The van der Waals surface area contributed by atoms with E-state index in [-0.39, 0.29) is 28.3 Å². The second-order valence-corrected chi connectivity index (χ2v) is 9.15. The van der Waals surface area contributed by atoms with Crippen molar-refractivity contribution in [2.24, 2.45) is 0 Å². The van der Waals surface area contributed by atoms with Crippen LogP contribution in [0.2, 0.25) is 0 Å². The third-order valence-corrected chi connectivity index (χ3v) is 6.29. The molecule has 172 valence electrons. The molecule has 2 amide bonds. The molecule has 6 nitrogen and oxygen atoms in total. The van der Waals surface area contributed by atoms with E-state index in [9.17, 15) is 31.2 Å². The predicted octanol–water partition coefficient (Wildman–Crippen LogP) is 4.76. The number of sulfone groups is 1. The lowest BCUT2D eigenvalue weighted by molar-refractivity contribution is -0.137. The molecule has 0 radical (unpaired) electrons. The zero-order valence-electron chi connectivity index (χ0n) is 17.1. The minimum Gasteiger partial charge on any atom is -0.326 e. The van der Waals surface area contributed by atoms with Gasteiger partial charge in [-0.25, -0.2) is 8.42 Å². The summed E-state index contributed by atoms with van der Waals surface area (Å²) in [6.07, 6.45) is -4.84. The topological polar surface area (TPSA) is 92.3 Å². The lowest BCUT2D eigenvalue weighted by Crippen LogP contribution is -2.18. The molecule has 0 saturated carbocycles. The first kappa shape index (κ1) is 24.0. The van der Waals surface area contributed by atoms with Crippen LogP contribution in [-0.4, -0.2) is 26.0 Å². The van der Waals surface area contributed by atoms with Crippen molar-refractivity contribution in [1.29, 1.82) is 0 Å². The average Bonchev–Trinajstić information content (AvgIpc) is 2.78. The van der Waals surface area contributed by atoms with E-state index in [0.717, 1.165) is 12.1 Å². The second kappa shape index (κ2) is 9.86. The quantitative estimate of drug-likeness (QED) is 0.514. The molecular formula is C23H19F3N2O4S. The smallest absolute Gasteiger partial charge is 0.326 e. The van der Waals surface area contributed by atoms with E-state index >= 15 is 0 Å². The van der Waals surface area contributed by atoms with Gasteiger partial charge in [0.1, 0.15) is 0 Å². The van der Waals surface area contributed by atoms with Crippen molar-refractivity contribution in [2.75, 3.05) is 16.4 Å². The summed E-state index contributed by atoms with van der Waals surface area (Å²) >= 11 is 0. The molecule has 0 aliphatic carbocycles. The van der Waals surface area contributed by atoms with Crippen LogP contribution in [0.3, 0.4) is 0 Å². The highest BCUT2D eigenvalue weighted by Crippen LogP contribution is 2.30. The van der Waals surface area contributed by atoms with E-state index in [1.165, 1.54) is 48.5 Å². The van der Waals surface area contributed by atoms with Gasteiger partial charge < -0.3 is 10.6 Å². The molecule has 0 atom stereocenters. The van der Waals surface area contributed by atoms with Crippen molar-refractivity contribution >= 4 is 33.0 Å². The maximum atomic E-state index is 12.8. The van der Waals surface area contributed by atoms with Crippen LogP contribution in [0.1, 0.15) is 22.3 Å². The lowest BCUT2D eigenvalue weighted by atomic mass is 10.1. The van der Waals surface area contributed by atoms with E-state index in [2.05, 4.69) is 10.6 Å². The van der Waals surface area contributed by atoms with Crippen LogP contribution in [0, 0.1) is 0 Å². The summed E-state index contributed by atoms with van der Waals surface area (Å²) in [4.78, 5) is 24.8. The van der Waals surface area contributed by atoms with Crippen molar-refractivity contribution in [1.82, 2.24) is 0 Å². The number of carbonyl (C=O) groups excluding carboxylic acids is 2. The molecule has 0 aliphatic rings. The van der Waals surface area contributed by atoms with Gasteiger partial charge in [-0.1, -0.05) is 30.3 Å². The maximum Gasteiger partial charge on any atom is 0.416 e. The molecule has 33 heavy (non-hydrogen) atoms. The van der Waals surface area contributed by atoms with Gasteiger partial charge in [-0.15, -0.1) is 0 Å². The zero-order chi connectivity index (χ0) is 24.1. The molecule has 2 N–H and O–H groups in total. The van der Waals surface area contributed by atoms with Crippen LogP contribution in [0.15, 0.2) is 83.8 Å². The normalized spacial score (nSPS) is 11.6. The minimum atomic E-state index is -4.54. The number of amides is 2. The molecule has 0 heterocycles. The van der Waals surface area contributed by atoms with Gasteiger partial charge in [0.2, 0.25) is 5.91 Å². The molecule has 3 rings (SSSR count). The summed E-state index contributed by atoms with van der Waals surface area (Å²) in [5.74, 6) is -1.62. The van der Waals surface area contributed by atoms with Crippen molar-refractivity contribution in [3.8, 4) is 0 Å². The summed E-state index contributed by atoms with van der Waals surface area (Å²) in [7, 11) is -3.62. The van der Waals surface area contributed by atoms with E-state index in [1.807, 2.05) is 0 Å². The van der Waals surface area contributed by atoms with Crippen LogP contribution >= 0.6 is 0 Å². The third kappa shape index (κ3) is 6.66. The Balaban J connectivity index is 1.62. The van der Waals surface area contributed by atoms with Gasteiger partial charge in [0.15, 0.2) is 9.84 Å². The summed E-state index contributed by atoms with van der Waals surface area (Å²) in [6, 6.07) is 17.7. The molecular weight excluding hydrogens is 457 g/mol. The third-order valence-electron chi connectivity index (χ3n) is 4.56. The highest BCUT2D eigenvalue weighted by Gasteiger charge is 2.30. The highest BCUT2D eigenvalue weighted by atomic mass is 32.2. The maximum absolute atomic E-state index is 12.8. The Hall–Kier alpha value is -3.66. The van der Waals surface area contributed by atoms with Gasteiger partial charge in [0.05, 0.1) is 16.2 Å². The monoisotopic (exact) mass is 476 g/mol. The Labute approximate surface area is 188 Å². The van der Waals surface area contributed by atoms with Gasteiger partial charge >= 0.3 is 6.18 Å². The molecule has 0 spiro atoms. The van der Waals surface area contributed by atoms with Crippen LogP contribution in [0.25, 0.3) is 0 Å². The van der Waals surface area contributed by atoms with Gasteiger partial charge in [-0.05, 0) is 48.5 Å². The zero-order valence-corrected chi connectivity index (χ0v) is 17.9. The fourth-order valence-electron chi connectivity index (χ4n) is 2.91. The fourth-order valence-corrected chi connectivity index (χ4v) is 4.17. The van der Waals surface area contributed by atoms with Crippen LogP contribution in [-0.2, 0) is 20.8 Å². The first-order chi connectivity index (χ1) is 15.5. The number of benzene rings is 3. The number of halogens is 3. The Morgan fingerprint density at radius 2 is 1.42 bits per heavy atom. The summed E-state index contributed by atoms with van der Waals surface area (Å²) in [6.45, 7) is 0. The Kier molecular flexibility index (Phi) is 7.17. The van der Waals surface area contributed by atoms with E-state index in [4.69, 9.17) is 0 Å². The van der Waals surface area contributed by atoms with Gasteiger partial charge in [0.25, 0.3) is 5.91 Å². The molecule has 10 heteroatoms. The van der Waals surface area contributed by atoms with Gasteiger partial charge in [0, 0.05) is 23.4 Å². The summed E-state index contributed by atoms with van der Waals surface area (Å²) in [5, 5.41) is 4.91. The van der Waals surface area contributed by atoms with Crippen LogP contribution in [0.5, 0.6) is 0 Å². The van der Waals surface area contributed by atoms with Crippen LogP contribution in [0.4, 0.5) is 24.5 Å². The number of rotatable bonds is 7. The number of alkyl halides is 3. The Morgan fingerprint density at radius 1 is 0.788 bits per heavy atom. The Bertz CT molecular complexity index is 1260. The first-order valence-electron chi connectivity index (χ1n) is 9.71. The standard InChI is InChI=1S/C23H19F3N2O4S/c24-23(25,26)17-7-5-9-19(15-17)28-22(30)16-6-4-8-18(14-16)27-21(29)12-13-33(31,32)20-10-2-1-3-11-20/h1-11,14-15H,12-13H2,(H,27,29)(H,28,30). The van der Waals surface area contributed by atoms with E-state index in [0.29, 0.717) is 0 Å². The highest BCUT2D eigenvalue weighted by molar-refractivity contribution is 7.91. The van der Waals surface area contributed by atoms with Crippen molar-refractivity contribution in [3.05, 3.63) is 90.0 Å². The molecule has 0 bridgehead atoms. The molecule has 0 fully saturated rings. The minimum absolute atomic E-state index is 0.0321. The SMILES string of the molecule is O=C(CCS(=O)(=O)c1ccccc1)Nc1cccc(C(=O)Nc2cccc(C(F)(F)F)c2)c1. The number of hydrogen-bond donors (Lipinski definition) is 2. The number of anilines is 2. The lowest BCUT2D eigenvalue weighted by Gasteiger charge is -2.11. The molecule has 3 aromatic rings. The Morgan fingerprint density at radius 3 is 2.09 bits per heavy atom.